The van der Waals surface area contributed by atoms with Crippen LogP contribution in [0.15, 0.2) is 36.4 Å². The number of nitrogens with zero attached hydrogens (tertiary/aromatic N) is 1. The number of halogens is 2. The Morgan fingerprint density at radius 1 is 1.08 bits per heavy atom. The third-order valence-electron chi connectivity index (χ3n) is 3.78. The zero-order valence-corrected chi connectivity index (χ0v) is 15.2. The van der Waals surface area contributed by atoms with E-state index in [0.717, 1.165) is 16.8 Å². The molecule has 6 heteroatoms. The molecule has 126 valence electrons. The predicted octanol–water partition coefficient (Wildman–Crippen LogP) is 4.60. The van der Waals surface area contributed by atoms with Crippen molar-refractivity contribution in [2.45, 2.75) is 20.8 Å². The molecule has 0 saturated heterocycles. The fraction of sp³-hybridized carbons (Fsp3) is 0.222. The highest BCUT2D eigenvalue weighted by Crippen LogP contribution is 2.32. The van der Waals surface area contributed by atoms with E-state index in [4.69, 9.17) is 23.2 Å². The maximum absolute atomic E-state index is 12.4. The molecule has 2 aromatic carbocycles. The smallest absolute Gasteiger partial charge is 0.244 e. The van der Waals surface area contributed by atoms with Crippen molar-refractivity contribution in [2.75, 3.05) is 16.8 Å². The summed E-state index contributed by atoms with van der Waals surface area (Å²) >= 11 is 12.2. The summed E-state index contributed by atoms with van der Waals surface area (Å²) in [6.45, 7) is 5.13. The minimum Gasteiger partial charge on any atom is -0.324 e. The van der Waals surface area contributed by atoms with Gasteiger partial charge in [-0.1, -0.05) is 41.4 Å². The Morgan fingerprint density at radius 2 is 1.75 bits per heavy atom. The van der Waals surface area contributed by atoms with E-state index in [0.29, 0.717) is 10.7 Å². The third kappa shape index (κ3) is 4.08. The number of benzene rings is 2. The van der Waals surface area contributed by atoms with E-state index in [1.54, 1.807) is 18.2 Å². The number of carbonyl (C=O) groups is 2. The quantitative estimate of drug-likeness (QED) is 0.861. The Morgan fingerprint density at radius 3 is 2.42 bits per heavy atom. The van der Waals surface area contributed by atoms with Gasteiger partial charge in [-0.05, 0) is 43.2 Å². The van der Waals surface area contributed by atoms with Gasteiger partial charge in [0.15, 0.2) is 0 Å². The van der Waals surface area contributed by atoms with Crippen LogP contribution in [-0.4, -0.2) is 18.4 Å². The van der Waals surface area contributed by atoms with Gasteiger partial charge < -0.3 is 10.2 Å². The summed E-state index contributed by atoms with van der Waals surface area (Å²) in [4.78, 5) is 25.6. The molecule has 0 saturated carbocycles. The maximum Gasteiger partial charge on any atom is 0.244 e. The average molecular weight is 365 g/mol. The van der Waals surface area contributed by atoms with Crippen molar-refractivity contribution in [3.05, 3.63) is 57.6 Å². The highest BCUT2D eigenvalue weighted by Gasteiger charge is 2.20. The number of hydrogen-bond acceptors (Lipinski definition) is 2. The van der Waals surface area contributed by atoms with E-state index < -0.39 is 0 Å². The minimum absolute atomic E-state index is 0.150. The van der Waals surface area contributed by atoms with Crippen LogP contribution >= 0.6 is 23.2 Å². The first-order valence-corrected chi connectivity index (χ1v) is 8.15. The molecule has 0 aromatic heterocycles. The summed E-state index contributed by atoms with van der Waals surface area (Å²) in [7, 11) is 0. The summed E-state index contributed by atoms with van der Waals surface area (Å²) in [5.74, 6) is -0.606. The molecule has 4 nitrogen and oxygen atoms in total. The van der Waals surface area contributed by atoms with Crippen molar-refractivity contribution < 1.29 is 9.59 Å². The van der Waals surface area contributed by atoms with E-state index in [1.165, 1.54) is 11.8 Å². The number of rotatable bonds is 4. The lowest BCUT2D eigenvalue weighted by molar-refractivity contribution is -0.120. The van der Waals surface area contributed by atoms with Crippen LogP contribution in [0.4, 0.5) is 11.4 Å². The van der Waals surface area contributed by atoms with Crippen LogP contribution in [0.1, 0.15) is 18.1 Å². The normalized spacial score (nSPS) is 10.4. The van der Waals surface area contributed by atoms with E-state index in [2.05, 4.69) is 5.32 Å². The Kier molecular flexibility index (Phi) is 5.86. The molecule has 2 rings (SSSR count). The molecular weight excluding hydrogens is 347 g/mol. The van der Waals surface area contributed by atoms with Gasteiger partial charge in [0.1, 0.15) is 6.54 Å². The van der Waals surface area contributed by atoms with Crippen molar-refractivity contribution in [3.63, 3.8) is 0 Å². The number of nitrogens with one attached hydrogen (secondary N) is 1. The van der Waals surface area contributed by atoms with E-state index in [-0.39, 0.29) is 23.4 Å². The Hall–Kier alpha value is -2.04. The van der Waals surface area contributed by atoms with E-state index >= 15 is 0 Å². The summed E-state index contributed by atoms with van der Waals surface area (Å²) < 4.78 is 0. The zero-order chi connectivity index (χ0) is 17.9. The van der Waals surface area contributed by atoms with Crippen LogP contribution in [0.5, 0.6) is 0 Å². The number of anilines is 2. The minimum atomic E-state index is -0.310. The lowest BCUT2D eigenvalue weighted by Gasteiger charge is -2.22. The summed E-state index contributed by atoms with van der Waals surface area (Å²) in [5.41, 5.74) is 3.20. The van der Waals surface area contributed by atoms with Gasteiger partial charge in [0.2, 0.25) is 11.8 Å². The Bertz CT molecular complexity index is 791. The molecule has 1 N–H and O–H groups in total. The molecule has 0 heterocycles. The molecular formula is C18H18Cl2N2O2. The molecule has 0 radical (unpaired) electrons. The van der Waals surface area contributed by atoms with Gasteiger partial charge in [0, 0.05) is 12.6 Å². The topological polar surface area (TPSA) is 49.4 Å². The molecule has 0 aliphatic carbocycles. The lowest BCUT2D eigenvalue weighted by atomic mass is 10.1. The Balaban J connectivity index is 2.22. The van der Waals surface area contributed by atoms with Crippen LogP contribution in [0.25, 0.3) is 0 Å². The van der Waals surface area contributed by atoms with Crippen LogP contribution in [0.2, 0.25) is 10.0 Å². The Labute approximate surface area is 151 Å². The van der Waals surface area contributed by atoms with Crippen LogP contribution in [-0.2, 0) is 9.59 Å². The molecule has 2 amide bonds. The molecule has 0 bridgehead atoms. The van der Waals surface area contributed by atoms with E-state index in [9.17, 15) is 9.59 Å². The van der Waals surface area contributed by atoms with Crippen molar-refractivity contribution >= 4 is 46.4 Å². The first-order valence-electron chi connectivity index (χ1n) is 7.39. The van der Waals surface area contributed by atoms with Crippen LogP contribution in [0, 0.1) is 13.8 Å². The zero-order valence-electron chi connectivity index (χ0n) is 13.7. The first kappa shape index (κ1) is 18.3. The number of aryl methyl sites for hydroxylation is 1. The van der Waals surface area contributed by atoms with Crippen molar-refractivity contribution in [2.24, 2.45) is 0 Å². The summed E-state index contributed by atoms with van der Waals surface area (Å²) in [6.07, 6.45) is 0. The van der Waals surface area contributed by atoms with Crippen molar-refractivity contribution in [3.8, 4) is 0 Å². The molecule has 0 atom stereocenters. The predicted molar refractivity (Wildman–Crippen MR) is 99.0 cm³/mol. The SMILES string of the molecule is CC(=O)N(CC(=O)Nc1cccc(C)c1C)c1cccc(Cl)c1Cl. The molecule has 0 aliphatic rings. The van der Waals surface area contributed by atoms with Gasteiger partial charge in [0.05, 0.1) is 15.7 Å². The monoisotopic (exact) mass is 364 g/mol. The molecule has 0 aliphatic heterocycles. The van der Waals surface area contributed by atoms with Crippen molar-refractivity contribution in [1.82, 2.24) is 0 Å². The van der Waals surface area contributed by atoms with Crippen LogP contribution in [0.3, 0.4) is 0 Å². The van der Waals surface area contributed by atoms with Gasteiger partial charge in [-0.25, -0.2) is 0 Å². The first-order chi connectivity index (χ1) is 11.3. The van der Waals surface area contributed by atoms with Gasteiger partial charge in [-0.2, -0.15) is 0 Å². The third-order valence-corrected chi connectivity index (χ3v) is 4.59. The van der Waals surface area contributed by atoms with Gasteiger partial charge in [-0.3, -0.25) is 9.59 Å². The second kappa shape index (κ2) is 7.69. The highest BCUT2D eigenvalue weighted by molar-refractivity contribution is 6.44. The molecule has 0 fully saturated rings. The molecule has 24 heavy (non-hydrogen) atoms. The second-order valence-electron chi connectivity index (χ2n) is 5.47. The summed E-state index contributed by atoms with van der Waals surface area (Å²) in [5, 5.41) is 3.40. The molecule has 0 unspecified atom stereocenters. The fourth-order valence-corrected chi connectivity index (χ4v) is 2.68. The summed E-state index contributed by atoms with van der Waals surface area (Å²) in [6, 6.07) is 10.6. The van der Waals surface area contributed by atoms with Gasteiger partial charge >= 0.3 is 0 Å². The lowest BCUT2D eigenvalue weighted by Crippen LogP contribution is -2.37. The van der Waals surface area contributed by atoms with Crippen LogP contribution < -0.4 is 10.2 Å². The fourth-order valence-electron chi connectivity index (χ4n) is 2.29. The molecule has 0 spiro atoms. The second-order valence-corrected chi connectivity index (χ2v) is 6.26. The van der Waals surface area contributed by atoms with Gasteiger partial charge in [0.25, 0.3) is 0 Å². The van der Waals surface area contributed by atoms with E-state index in [1.807, 2.05) is 32.0 Å². The highest BCUT2D eigenvalue weighted by atomic mass is 35.5. The largest absolute Gasteiger partial charge is 0.324 e. The maximum atomic E-state index is 12.4. The number of amides is 2. The average Bonchev–Trinajstić information content (AvgIpc) is 2.52. The standard InChI is InChI=1S/C18H18Cl2N2O2/c1-11-6-4-8-15(12(11)2)21-17(24)10-22(13(3)23)16-9-5-7-14(19)18(16)20/h4-9H,10H2,1-3H3,(H,21,24). The van der Waals surface area contributed by atoms with Gasteiger partial charge in [-0.15, -0.1) is 0 Å². The van der Waals surface area contributed by atoms with Crippen molar-refractivity contribution in [1.29, 1.82) is 0 Å². The number of hydrogen-bond donors (Lipinski definition) is 1. The number of carbonyl (C=O) groups excluding carboxylic acids is 2. The molecule has 2 aromatic rings.